The maximum absolute atomic E-state index is 11.8. The largest absolute Gasteiger partial charge is 0.384 e. The van der Waals surface area contributed by atoms with E-state index in [-0.39, 0.29) is 18.4 Å². The van der Waals surface area contributed by atoms with Crippen LogP contribution in [0, 0.1) is 5.92 Å². The smallest absolute Gasteiger partial charge is 0.225 e. The van der Waals surface area contributed by atoms with Crippen LogP contribution >= 0.6 is 11.3 Å². The third-order valence-corrected chi connectivity index (χ3v) is 3.73. The number of thiophene rings is 1. The molecule has 0 aromatic carbocycles. The lowest BCUT2D eigenvalue weighted by Gasteiger charge is -2.23. The first-order chi connectivity index (χ1) is 8.09. The molecule has 2 N–H and O–H groups in total. The molecule has 2 heterocycles. The number of carbonyl (C=O) groups excluding carboxylic acids is 1. The molecule has 1 amide bonds. The molecule has 2 rings (SSSR count). The maximum Gasteiger partial charge on any atom is 0.225 e. The molecule has 0 aliphatic carbocycles. The van der Waals surface area contributed by atoms with Gasteiger partial charge in [0, 0.05) is 6.61 Å². The Morgan fingerprint density at radius 1 is 1.76 bits per heavy atom. The van der Waals surface area contributed by atoms with E-state index in [0.717, 1.165) is 12.0 Å². The summed E-state index contributed by atoms with van der Waals surface area (Å²) in [6.45, 7) is 3.09. The molecule has 2 unspecified atom stereocenters. The van der Waals surface area contributed by atoms with E-state index in [0.29, 0.717) is 13.2 Å². The van der Waals surface area contributed by atoms with Crippen molar-refractivity contribution in [1.82, 2.24) is 5.32 Å². The Kier molecular flexibility index (Phi) is 3.81. The predicted molar refractivity (Wildman–Crippen MR) is 65.8 cm³/mol. The number of hydrogen-bond acceptors (Lipinski definition) is 4. The van der Waals surface area contributed by atoms with Gasteiger partial charge in [-0.15, -0.1) is 0 Å². The summed E-state index contributed by atoms with van der Waals surface area (Å²) in [5.41, 5.74) is -0.166. The fourth-order valence-corrected chi connectivity index (χ4v) is 2.60. The molecular weight excluding hydrogens is 238 g/mol. The van der Waals surface area contributed by atoms with E-state index in [1.54, 1.807) is 6.92 Å². The van der Waals surface area contributed by atoms with Crippen LogP contribution in [0.4, 0.5) is 0 Å². The molecule has 1 aliphatic rings. The molecule has 0 bridgehead atoms. The molecule has 0 spiro atoms. The van der Waals surface area contributed by atoms with Gasteiger partial charge in [-0.3, -0.25) is 4.79 Å². The van der Waals surface area contributed by atoms with Crippen molar-refractivity contribution in [1.29, 1.82) is 0 Å². The number of hydrogen-bond donors (Lipinski definition) is 2. The van der Waals surface area contributed by atoms with E-state index in [2.05, 4.69) is 5.32 Å². The van der Waals surface area contributed by atoms with Crippen LogP contribution in [0.15, 0.2) is 16.8 Å². The van der Waals surface area contributed by atoms with Gasteiger partial charge in [-0.2, -0.15) is 11.3 Å². The van der Waals surface area contributed by atoms with Crippen molar-refractivity contribution in [3.63, 3.8) is 0 Å². The quantitative estimate of drug-likeness (QED) is 0.847. The Bertz CT molecular complexity index is 369. The van der Waals surface area contributed by atoms with Crippen LogP contribution in [-0.2, 0) is 15.1 Å². The molecular formula is C12H17NO3S. The van der Waals surface area contributed by atoms with E-state index in [4.69, 9.17) is 4.74 Å². The zero-order valence-corrected chi connectivity index (χ0v) is 10.6. The molecule has 0 saturated carbocycles. The summed E-state index contributed by atoms with van der Waals surface area (Å²) < 4.78 is 5.16. The second-order valence-electron chi connectivity index (χ2n) is 4.56. The predicted octanol–water partition coefficient (Wildman–Crippen LogP) is 1.11. The van der Waals surface area contributed by atoms with Crippen molar-refractivity contribution < 1.29 is 14.6 Å². The Morgan fingerprint density at radius 3 is 3.18 bits per heavy atom. The van der Waals surface area contributed by atoms with Gasteiger partial charge in [0.25, 0.3) is 0 Å². The van der Waals surface area contributed by atoms with Gasteiger partial charge in [-0.25, -0.2) is 0 Å². The van der Waals surface area contributed by atoms with Crippen molar-refractivity contribution in [2.75, 3.05) is 19.8 Å². The van der Waals surface area contributed by atoms with E-state index in [1.807, 2.05) is 16.8 Å². The zero-order valence-electron chi connectivity index (χ0n) is 9.81. The fourth-order valence-electron chi connectivity index (χ4n) is 1.82. The second kappa shape index (κ2) is 5.16. The van der Waals surface area contributed by atoms with Crippen molar-refractivity contribution in [2.24, 2.45) is 5.92 Å². The zero-order chi connectivity index (χ0) is 12.3. The van der Waals surface area contributed by atoms with Crippen molar-refractivity contribution >= 4 is 17.2 Å². The number of nitrogens with one attached hydrogen (secondary N) is 1. The van der Waals surface area contributed by atoms with Gasteiger partial charge in [0.2, 0.25) is 5.91 Å². The van der Waals surface area contributed by atoms with E-state index >= 15 is 0 Å². The minimum atomic E-state index is -1.00. The average Bonchev–Trinajstić information content (AvgIpc) is 2.97. The highest BCUT2D eigenvalue weighted by Crippen LogP contribution is 2.22. The Hall–Kier alpha value is -0.910. The van der Waals surface area contributed by atoms with Gasteiger partial charge >= 0.3 is 0 Å². The molecule has 17 heavy (non-hydrogen) atoms. The molecule has 0 radical (unpaired) electrons. The van der Waals surface area contributed by atoms with E-state index in [1.165, 1.54) is 11.3 Å². The minimum absolute atomic E-state index is 0.0296. The van der Waals surface area contributed by atoms with Gasteiger partial charge in [-0.05, 0) is 35.7 Å². The monoisotopic (exact) mass is 255 g/mol. The molecule has 94 valence electrons. The molecule has 1 saturated heterocycles. The third-order valence-electron chi connectivity index (χ3n) is 3.05. The summed E-state index contributed by atoms with van der Waals surface area (Å²) >= 11 is 1.53. The van der Waals surface area contributed by atoms with Gasteiger partial charge in [0.1, 0.15) is 5.60 Å². The van der Waals surface area contributed by atoms with Crippen LogP contribution in [0.1, 0.15) is 18.9 Å². The van der Waals surface area contributed by atoms with Gasteiger partial charge in [0.05, 0.1) is 19.1 Å². The highest BCUT2D eigenvalue weighted by molar-refractivity contribution is 7.08. The van der Waals surface area contributed by atoms with Crippen molar-refractivity contribution in [2.45, 2.75) is 18.9 Å². The Morgan fingerprint density at radius 2 is 2.59 bits per heavy atom. The summed E-state index contributed by atoms with van der Waals surface area (Å²) in [6.07, 6.45) is 0.770. The lowest BCUT2D eigenvalue weighted by Crippen LogP contribution is -2.41. The van der Waals surface area contributed by atoms with Crippen molar-refractivity contribution in [3.8, 4) is 0 Å². The SMILES string of the molecule is CC(O)(CNC(=O)C1CCOC1)c1ccsc1. The van der Waals surface area contributed by atoms with Crippen LogP contribution in [0.5, 0.6) is 0 Å². The third kappa shape index (κ3) is 3.06. The first-order valence-corrected chi connectivity index (χ1v) is 6.64. The molecule has 1 fully saturated rings. The first-order valence-electron chi connectivity index (χ1n) is 5.70. The highest BCUT2D eigenvalue weighted by Gasteiger charge is 2.28. The summed E-state index contributed by atoms with van der Waals surface area (Å²) in [5, 5.41) is 16.8. The lowest BCUT2D eigenvalue weighted by atomic mass is 9.99. The van der Waals surface area contributed by atoms with Crippen molar-refractivity contribution in [3.05, 3.63) is 22.4 Å². The van der Waals surface area contributed by atoms with Gasteiger partial charge in [0.15, 0.2) is 0 Å². The van der Waals surface area contributed by atoms with E-state index in [9.17, 15) is 9.90 Å². The van der Waals surface area contributed by atoms with Gasteiger partial charge in [-0.1, -0.05) is 0 Å². The number of carbonyl (C=O) groups is 1. The highest BCUT2D eigenvalue weighted by atomic mass is 32.1. The first kappa shape index (κ1) is 12.5. The summed E-state index contributed by atoms with van der Waals surface area (Å²) in [7, 11) is 0. The molecule has 4 nitrogen and oxygen atoms in total. The summed E-state index contributed by atoms with van der Waals surface area (Å²) in [5.74, 6) is -0.0914. The van der Waals surface area contributed by atoms with Gasteiger partial charge < -0.3 is 15.2 Å². The minimum Gasteiger partial charge on any atom is -0.384 e. The maximum atomic E-state index is 11.8. The Balaban J connectivity index is 1.87. The number of ether oxygens (including phenoxy) is 1. The summed E-state index contributed by atoms with van der Waals surface area (Å²) in [4.78, 5) is 11.8. The normalized spacial score (nSPS) is 23.3. The standard InChI is InChI=1S/C12H17NO3S/c1-12(15,10-3-5-17-7-10)8-13-11(14)9-2-4-16-6-9/h3,5,7,9,15H,2,4,6,8H2,1H3,(H,13,14). The van der Waals surface area contributed by atoms with Crippen LogP contribution in [-0.4, -0.2) is 30.8 Å². The molecule has 2 atom stereocenters. The number of aliphatic hydroxyl groups is 1. The van der Waals surface area contributed by atoms with Crippen LogP contribution in [0.2, 0.25) is 0 Å². The van der Waals surface area contributed by atoms with E-state index < -0.39 is 5.60 Å². The topological polar surface area (TPSA) is 58.6 Å². The summed E-state index contributed by atoms with van der Waals surface area (Å²) in [6, 6.07) is 1.87. The molecule has 5 heteroatoms. The second-order valence-corrected chi connectivity index (χ2v) is 5.34. The molecule has 1 aromatic rings. The number of amides is 1. The molecule has 1 aliphatic heterocycles. The van der Waals surface area contributed by atoms with Crippen LogP contribution < -0.4 is 5.32 Å². The molecule has 1 aromatic heterocycles. The van der Waals surface area contributed by atoms with Crippen LogP contribution in [0.3, 0.4) is 0 Å². The number of rotatable bonds is 4. The lowest BCUT2D eigenvalue weighted by molar-refractivity contribution is -0.126. The fraction of sp³-hybridized carbons (Fsp3) is 0.583. The van der Waals surface area contributed by atoms with Crippen LogP contribution in [0.25, 0.3) is 0 Å². The Labute approximate surface area is 105 Å². The average molecular weight is 255 g/mol.